The normalized spacial score (nSPS) is 11.5. The fraction of sp³-hybridized carbons (Fsp3) is 0.125. The average molecular weight is 149 g/mol. The highest BCUT2D eigenvalue weighted by molar-refractivity contribution is 5.61. The molecule has 0 bridgehead atoms. The molecule has 11 heavy (non-hydrogen) atoms. The molecule has 0 fully saturated rings. The van der Waals surface area contributed by atoms with Gasteiger partial charge in [-0.25, -0.2) is 0 Å². The molecule has 3 nitrogen and oxygen atoms in total. The molecule has 0 saturated heterocycles. The van der Waals surface area contributed by atoms with E-state index >= 15 is 0 Å². The van der Waals surface area contributed by atoms with Gasteiger partial charge in [0.2, 0.25) is 0 Å². The van der Waals surface area contributed by atoms with Gasteiger partial charge in [-0.05, 0) is 13.0 Å². The van der Waals surface area contributed by atoms with Crippen molar-refractivity contribution in [3.63, 3.8) is 0 Å². The number of nitrogens with one attached hydrogen (secondary N) is 1. The SMILES string of the molecule is C=Cc1cn[nH]c1/C=C(\C)N. The first-order valence-electron chi connectivity index (χ1n) is 3.33. The summed E-state index contributed by atoms with van der Waals surface area (Å²) in [5.74, 6) is 0. The molecule has 1 heterocycles. The maximum absolute atomic E-state index is 5.49. The molecular weight excluding hydrogens is 138 g/mol. The number of hydrogen-bond acceptors (Lipinski definition) is 2. The Labute approximate surface area is 65.6 Å². The lowest BCUT2D eigenvalue weighted by Gasteiger charge is -1.90. The first-order chi connectivity index (χ1) is 5.24. The number of aromatic amines is 1. The van der Waals surface area contributed by atoms with Crippen LogP contribution >= 0.6 is 0 Å². The standard InChI is InChI=1S/C8H11N3/c1-3-7-5-10-11-8(7)4-6(2)9/h3-5H,1,9H2,2H3,(H,10,11)/b6-4+. The molecule has 0 unspecified atom stereocenters. The predicted octanol–water partition coefficient (Wildman–Crippen LogP) is 1.37. The minimum absolute atomic E-state index is 0.748. The zero-order valence-corrected chi connectivity index (χ0v) is 6.46. The van der Waals surface area contributed by atoms with Crippen LogP contribution in [0.4, 0.5) is 0 Å². The van der Waals surface area contributed by atoms with Crippen LogP contribution in [0.2, 0.25) is 0 Å². The second-order valence-electron chi connectivity index (χ2n) is 2.33. The van der Waals surface area contributed by atoms with Gasteiger partial charge in [0.15, 0.2) is 0 Å². The minimum atomic E-state index is 0.748. The molecule has 1 rings (SSSR count). The van der Waals surface area contributed by atoms with Crippen LogP contribution in [0.15, 0.2) is 18.5 Å². The van der Waals surface area contributed by atoms with E-state index in [2.05, 4.69) is 16.8 Å². The molecule has 0 amide bonds. The van der Waals surface area contributed by atoms with Gasteiger partial charge < -0.3 is 5.73 Å². The van der Waals surface area contributed by atoms with Gasteiger partial charge in [0.25, 0.3) is 0 Å². The van der Waals surface area contributed by atoms with Crippen molar-refractivity contribution in [3.8, 4) is 0 Å². The van der Waals surface area contributed by atoms with Crippen molar-refractivity contribution in [1.82, 2.24) is 10.2 Å². The molecule has 1 aromatic heterocycles. The molecule has 0 aliphatic carbocycles. The van der Waals surface area contributed by atoms with E-state index in [0.29, 0.717) is 0 Å². The van der Waals surface area contributed by atoms with Gasteiger partial charge >= 0.3 is 0 Å². The lowest BCUT2D eigenvalue weighted by Crippen LogP contribution is -1.90. The number of hydrogen-bond donors (Lipinski definition) is 2. The Morgan fingerprint density at radius 1 is 1.82 bits per heavy atom. The largest absolute Gasteiger partial charge is 0.402 e. The molecule has 3 N–H and O–H groups in total. The summed E-state index contributed by atoms with van der Waals surface area (Å²) in [6.45, 7) is 5.47. The van der Waals surface area contributed by atoms with Gasteiger partial charge in [0.1, 0.15) is 0 Å². The van der Waals surface area contributed by atoms with E-state index in [9.17, 15) is 0 Å². The number of nitrogens with zero attached hydrogens (tertiary/aromatic N) is 1. The van der Waals surface area contributed by atoms with Crippen LogP contribution in [0.5, 0.6) is 0 Å². The van der Waals surface area contributed by atoms with Gasteiger partial charge in [0, 0.05) is 11.3 Å². The van der Waals surface area contributed by atoms with Crippen molar-refractivity contribution in [2.75, 3.05) is 0 Å². The fourth-order valence-electron chi connectivity index (χ4n) is 0.811. The zero-order chi connectivity index (χ0) is 8.27. The van der Waals surface area contributed by atoms with Crippen molar-refractivity contribution in [2.24, 2.45) is 5.73 Å². The van der Waals surface area contributed by atoms with E-state index in [1.54, 1.807) is 12.3 Å². The molecule has 0 aromatic carbocycles. The Hall–Kier alpha value is -1.51. The van der Waals surface area contributed by atoms with Gasteiger partial charge in [-0.1, -0.05) is 12.7 Å². The topological polar surface area (TPSA) is 54.7 Å². The van der Waals surface area contributed by atoms with Crippen molar-refractivity contribution in [1.29, 1.82) is 0 Å². The third-order valence-corrected chi connectivity index (χ3v) is 1.29. The van der Waals surface area contributed by atoms with E-state index in [-0.39, 0.29) is 0 Å². The van der Waals surface area contributed by atoms with Crippen molar-refractivity contribution in [2.45, 2.75) is 6.92 Å². The summed E-state index contributed by atoms with van der Waals surface area (Å²) in [6.07, 6.45) is 5.27. The summed E-state index contributed by atoms with van der Waals surface area (Å²) in [7, 11) is 0. The molecule has 3 heteroatoms. The number of aromatic nitrogens is 2. The van der Waals surface area contributed by atoms with Crippen molar-refractivity contribution < 1.29 is 0 Å². The van der Waals surface area contributed by atoms with Crippen LogP contribution in [0.1, 0.15) is 18.2 Å². The summed E-state index contributed by atoms with van der Waals surface area (Å²) in [5, 5.41) is 6.66. The van der Waals surface area contributed by atoms with E-state index in [1.165, 1.54) is 0 Å². The summed E-state index contributed by atoms with van der Waals surface area (Å²) in [6, 6.07) is 0. The lowest BCUT2D eigenvalue weighted by atomic mass is 10.2. The quantitative estimate of drug-likeness (QED) is 0.667. The molecule has 0 aliphatic heterocycles. The minimum Gasteiger partial charge on any atom is -0.402 e. The number of nitrogens with two attached hydrogens (primary N) is 1. The van der Waals surface area contributed by atoms with Crippen molar-refractivity contribution in [3.05, 3.63) is 29.7 Å². The molecule has 0 atom stereocenters. The van der Waals surface area contributed by atoms with Crippen LogP contribution in [0.3, 0.4) is 0 Å². The Kier molecular flexibility index (Phi) is 2.11. The Balaban J connectivity index is 3.03. The summed E-state index contributed by atoms with van der Waals surface area (Å²) in [4.78, 5) is 0. The molecule has 0 saturated carbocycles. The molecule has 0 aliphatic rings. The van der Waals surface area contributed by atoms with E-state index in [0.717, 1.165) is 17.0 Å². The Morgan fingerprint density at radius 3 is 3.09 bits per heavy atom. The van der Waals surface area contributed by atoms with E-state index < -0.39 is 0 Å². The number of rotatable bonds is 2. The number of allylic oxidation sites excluding steroid dienone is 1. The van der Waals surface area contributed by atoms with Crippen molar-refractivity contribution >= 4 is 12.2 Å². The van der Waals surface area contributed by atoms with E-state index in [4.69, 9.17) is 5.73 Å². The smallest absolute Gasteiger partial charge is 0.0667 e. The molecular formula is C8H11N3. The molecule has 1 aromatic rings. The highest BCUT2D eigenvalue weighted by atomic mass is 15.1. The van der Waals surface area contributed by atoms with Crippen LogP contribution < -0.4 is 5.73 Å². The highest BCUT2D eigenvalue weighted by Crippen LogP contribution is 2.08. The van der Waals surface area contributed by atoms with Crippen LogP contribution in [0, 0.1) is 0 Å². The average Bonchev–Trinajstić information content (AvgIpc) is 2.34. The zero-order valence-electron chi connectivity index (χ0n) is 6.46. The third kappa shape index (κ3) is 1.70. The second kappa shape index (κ2) is 3.05. The fourth-order valence-corrected chi connectivity index (χ4v) is 0.811. The van der Waals surface area contributed by atoms with Gasteiger partial charge in [-0.2, -0.15) is 5.10 Å². The lowest BCUT2D eigenvalue weighted by molar-refractivity contribution is 1.08. The first kappa shape index (κ1) is 7.60. The summed E-state index contributed by atoms with van der Waals surface area (Å²) >= 11 is 0. The van der Waals surface area contributed by atoms with Gasteiger partial charge in [-0.3, -0.25) is 5.10 Å². The Morgan fingerprint density at radius 2 is 2.55 bits per heavy atom. The maximum Gasteiger partial charge on any atom is 0.0667 e. The Bertz CT molecular complexity index is 279. The first-order valence-corrected chi connectivity index (χ1v) is 3.33. The highest BCUT2D eigenvalue weighted by Gasteiger charge is 1.96. The van der Waals surface area contributed by atoms with Crippen LogP contribution in [-0.2, 0) is 0 Å². The monoisotopic (exact) mass is 149 g/mol. The number of H-pyrrole nitrogens is 1. The molecule has 0 radical (unpaired) electrons. The summed E-state index contributed by atoms with van der Waals surface area (Å²) < 4.78 is 0. The second-order valence-corrected chi connectivity index (χ2v) is 2.33. The van der Waals surface area contributed by atoms with Gasteiger partial charge in [0.05, 0.1) is 11.9 Å². The maximum atomic E-state index is 5.49. The molecule has 58 valence electrons. The van der Waals surface area contributed by atoms with E-state index in [1.807, 2.05) is 13.0 Å². The third-order valence-electron chi connectivity index (χ3n) is 1.29. The summed E-state index contributed by atoms with van der Waals surface area (Å²) in [5.41, 5.74) is 8.10. The van der Waals surface area contributed by atoms with Gasteiger partial charge in [-0.15, -0.1) is 0 Å². The van der Waals surface area contributed by atoms with Crippen LogP contribution in [0.25, 0.3) is 12.2 Å². The predicted molar refractivity (Wildman–Crippen MR) is 46.5 cm³/mol. The molecule has 0 spiro atoms. The van der Waals surface area contributed by atoms with Crippen LogP contribution in [-0.4, -0.2) is 10.2 Å².